The summed E-state index contributed by atoms with van der Waals surface area (Å²) in [6.07, 6.45) is 5.01. The van der Waals surface area contributed by atoms with Crippen LogP contribution in [-0.2, 0) is 0 Å². The van der Waals surface area contributed by atoms with Gasteiger partial charge in [0.05, 0.1) is 8.07 Å². The van der Waals surface area contributed by atoms with Gasteiger partial charge in [-0.25, -0.2) is 0 Å². The smallest absolute Gasteiger partial charge is 0.0528 e. The molecule has 0 aromatic carbocycles. The Bertz CT molecular complexity index is 155. The first-order chi connectivity index (χ1) is 4.52. The highest BCUT2D eigenvalue weighted by Gasteiger charge is 2.30. The molecule has 0 bridgehead atoms. The molecule has 58 valence electrons. The van der Waals surface area contributed by atoms with E-state index in [4.69, 9.17) is 0 Å². The van der Waals surface area contributed by atoms with Crippen molar-refractivity contribution >= 4 is 24.0 Å². The van der Waals surface area contributed by atoms with E-state index in [0.717, 1.165) is 5.54 Å². The third-order valence-electron chi connectivity index (χ3n) is 2.17. The van der Waals surface area contributed by atoms with Crippen molar-refractivity contribution in [3.8, 4) is 0 Å². The summed E-state index contributed by atoms with van der Waals surface area (Å²) >= 11 is 3.64. The summed E-state index contributed by atoms with van der Waals surface area (Å²) in [6, 6.07) is 0. The van der Waals surface area contributed by atoms with E-state index in [1.807, 2.05) is 0 Å². The molecule has 0 saturated carbocycles. The van der Waals surface area contributed by atoms with Gasteiger partial charge in [-0.05, 0) is 22.9 Å². The number of hydrogen-bond acceptors (Lipinski definition) is 0. The van der Waals surface area contributed by atoms with Crippen LogP contribution in [-0.4, -0.2) is 8.07 Å². The molecule has 0 radical (unpaired) electrons. The van der Waals surface area contributed by atoms with Crippen LogP contribution in [0.25, 0.3) is 0 Å². The fourth-order valence-corrected chi connectivity index (χ4v) is 6.01. The average molecular weight is 219 g/mol. The SMILES string of the molecule is C[Si](C)(C)C1CCC=C1Br. The Labute approximate surface area is 72.8 Å². The third kappa shape index (κ3) is 1.73. The fourth-order valence-electron chi connectivity index (χ4n) is 1.51. The molecule has 1 atom stereocenters. The van der Waals surface area contributed by atoms with Crippen molar-refractivity contribution in [2.45, 2.75) is 38.0 Å². The highest BCUT2D eigenvalue weighted by atomic mass is 79.9. The summed E-state index contributed by atoms with van der Waals surface area (Å²) in [5.41, 5.74) is 0.896. The van der Waals surface area contributed by atoms with Crippen LogP contribution in [0.4, 0.5) is 0 Å². The lowest BCUT2D eigenvalue weighted by Crippen LogP contribution is -2.26. The Kier molecular flexibility index (Phi) is 2.41. The van der Waals surface area contributed by atoms with Gasteiger partial charge in [-0.2, -0.15) is 0 Å². The Morgan fingerprint density at radius 2 is 2.10 bits per heavy atom. The first kappa shape index (κ1) is 8.53. The first-order valence-corrected chi connectivity index (χ1v) is 8.24. The normalized spacial score (nSPS) is 26.8. The van der Waals surface area contributed by atoms with Crippen LogP contribution in [0.15, 0.2) is 10.6 Å². The molecule has 0 aromatic heterocycles. The molecule has 0 N–H and O–H groups in total. The van der Waals surface area contributed by atoms with Crippen LogP contribution < -0.4 is 0 Å². The van der Waals surface area contributed by atoms with E-state index in [1.54, 1.807) is 0 Å². The zero-order chi connectivity index (χ0) is 7.78. The predicted octanol–water partition coefficient (Wildman–Crippen LogP) is 3.77. The van der Waals surface area contributed by atoms with E-state index in [0.29, 0.717) is 0 Å². The number of halogens is 1. The lowest BCUT2D eigenvalue weighted by Gasteiger charge is -2.25. The molecule has 0 heterocycles. The molecule has 1 aliphatic rings. The number of hydrogen-bond donors (Lipinski definition) is 0. The molecule has 0 aromatic rings. The summed E-state index contributed by atoms with van der Waals surface area (Å²) in [7, 11) is -0.902. The summed E-state index contributed by atoms with van der Waals surface area (Å²) < 4.78 is 1.48. The third-order valence-corrected chi connectivity index (χ3v) is 6.16. The lowest BCUT2D eigenvalue weighted by atomic mass is 10.4. The van der Waals surface area contributed by atoms with Gasteiger partial charge in [0.1, 0.15) is 0 Å². The Morgan fingerprint density at radius 1 is 1.50 bits per heavy atom. The van der Waals surface area contributed by atoms with Gasteiger partial charge < -0.3 is 0 Å². The summed E-state index contributed by atoms with van der Waals surface area (Å²) in [4.78, 5) is 0. The minimum absolute atomic E-state index is 0.896. The second kappa shape index (κ2) is 2.82. The van der Waals surface area contributed by atoms with Crippen molar-refractivity contribution in [1.82, 2.24) is 0 Å². The van der Waals surface area contributed by atoms with Crippen molar-refractivity contribution in [2.24, 2.45) is 0 Å². The van der Waals surface area contributed by atoms with Crippen LogP contribution in [0, 0.1) is 0 Å². The van der Waals surface area contributed by atoms with Crippen molar-refractivity contribution in [2.75, 3.05) is 0 Å². The Morgan fingerprint density at radius 3 is 2.30 bits per heavy atom. The first-order valence-electron chi connectivity index (χ1n) is 3.87. The van der Waals surface area contributed by atoms with Gasteiger partial charge in [0.2, 0.25) is 0 Å². The molecule has 1 aliphatic carbocycles. The van der Waals surface area contributed by atoms with Crippen LogP contribution in [0.2, 0.25) is 25.2 Å². The maximum atomic E-state index is 3.64. The zero-order valence-corrected chi connectivity index (χ0v) is 9.53. The van der Waals surface area contributed by atoms with Gasteiger partial charge in [0.15, 0.2) is 0 Å². The summed E-state index contributed by atoms with van der Waals surface area (Å²) in [6.45, 7) is 7.33. The van der Waals surface area contributed by atoms with Gasteiger partial charge in [-0.3, -0.25) is 0 Å². The molecule has 1 unspecified atom stereocenters. The van der Waals surface area contributed by atoms with Gasteiger partial charge >= 0.3 is 0 Å². The Balaban J connectivity index is 2.67. The Hall–Kier alpha value is 0.437. The standard InChI is InChI=1S/C8H15BrSi/c1-10(2,3)8-6-4-5-7(8)9/h5,8H,4,6H2,1-3H3. The highest BCUT2D eigenvalue weighted by Crippen LogP contribution is 2.42. The average Bonchev–Trinajstić information content (AvgIpc) is 2.11. The highest BCUT2D eigenvalue weighted by molar-refractivity contribution is 9.11. The van der Waals surface area contributed by atoms with Gasteiger partial charge in [-0.15, -0.1) is 0 Å². The van der Waals surface area contributed by atoms with Gasteiger partial charge in [-0.1, -0.05) is 41.6 Å². The number of allylic oxidation sites excluding steroid dienone is 2. The van der Waals surface area contributed by atoms with Crippen molar-refractivity contribution < 1.29 is 0 Å². The largest absolute Gasteiger partial charge is 0.0744 e. The molecule has 10 heavy (non-hydrogen) atoms. The van der Waals surface area contributed by atoms with Crippen LogP contribution in [0.3, 0.4) is 0 Å². The molecular weight excluding hydrogens is 204 g/mol. The molecule has 0 aliphatic heterocycles. The maximum Gasteiger partial charge on any atom is 0.0528 e. The second-order valence-corrected chi connectivity index (χ2v) is 10.4. The van der Waals surface area contributed by atoms with Crippen LogP contribution in [0.1, 0.15) is 12.8 Å². The summed E-state index contributed by atoms with van der Waals surface area (Å²) in [5, 5.41) is 0. The van der Waals surface area contributed by atoms with E-state index >= 15 is 0 Å². The van der Waals surface area contributed by atoms with E-state index in [9.17, 15) is 0 Å². The van der Waals surface area contributed by atoms with Gasteiger partial charge in [0, 0.05) is 0 Å². The topological polar surface area (TPSA) is 0 Å². The predicted molar refractivity (Wildman–Crippen MR) is 53.3 cm³/mol. The molecular formula is C8H15BrSi. The van der Waals surface area contributed by atoms with E-state index in [1.165, 1.54) is 17.3 Å². The van der Waals surface area contributed by atoms with E-state index < -0.39 is 8.07 Å². The van der Waals surface area contributed by atoms with Crippen molar-refractivity contribution in [3.63, 3.8) is 0 Å². The molecule has 2 heteroatoms. The van der Waals surface area contributed by atoms with Crippen LogP contribution >= 0.6 is 15.9 Å². The second-order valence-electron chi connectivity index (χ2n) is 4.08. The van der Waals surface area contributed by atoms with E-state index in [2.05, 4.69) is 41.6 Å². The van der Waals surface area contributed by atoms with Gasteiger partial charge in [0.25, 0.3) is 0 Å². The minimum Gasteiger partial charge on any atom is -0.0744 e. The van der Waals surface area contributed by atoms with Crippen LogP contribution in [0.5, 0.6) is 0 Å². The maximum absolute atomic E-state index is 3.64. The molecule has 0 fully saturated rings. The lowest BCUT2D eigenvalue weighted by molar-refractivity contribution is 0.891. The number of rotatable bonds is 1. The minimum atomic E-state index is -0.902. The fraction of sp³-hybridized carbons (Fsp3) is 0.750. The van der Waals surface area contributed by atoms with Crippen molar-refractivity contribution in [1.29, 1.82) is 0 Å². The molecule has 1 rings (SSSR count). The molecule has 0 nitrogen and oxygen atoms in total. The molecule has 0 amide bonds. The van der Waals surface area contributed by atoms with Crippen molar-refractivity contribution in [3.05, 3.63) is 10.6 Å². The van der Waals surface area contributed by atoms with E-state index in [-0.39, 0.29) is 0 Å². The molecule has 0 saturated heterocycles. The molecule has 0 spiro atoms. The monoisotopic (exact) mass is 218 g/mol. The zero-order valence-electron chi connectivity index (χ0n) is 6.95. The summed E-state index contributed by atoms with van der Waals surface area (Å²) in [5.74, 6) is 0. The quantitative estimate of drug-likeness (QED) is 0.589.